The number of esters is 1. The van der Waals surface area contributed by atoms with Crippen molar-refractivity contribution in [2.75, 3.05) is 26.2 Å². The van der Waals surface area contributed by atoms with Crippen LogP contribution in [0.25, 0.3) is 0 Å². The van der Waals surface area contributed by atoms with E-state index in [1.165, 1.54) is 0 Å². The van der Waals surface area contributed by atoms with Gasteiger partial charge in [0, 0.05) is 31.7 Å². The molecule has 0 aliphatic carbocycles. The van der Waals surface area contributed by atoms with Gasteiger partial charge in [0.1, 0.15) is 23.7 Å². The van der Waals surface area contributed by atoms with E-state index >= 15 is 0 Å². The molecule has 210 valence electrons. The Kier molecular flexibility index (Phi) is 8.32. The Labute approximate surface area is 224 Å². The standard InChI is InChI=1S/C28H41N3O7/c1-18-17-29-20(33)11-7-5-9-15-31(27(2,3)4)25(35)23-28-13-12-19(38-28)21(26(36)37-18)22(28)24(34)30(23)14-8-6-10-16-32/h5,9,12-13,18-19,21-23,32H,6-8,10-11,14-17H2,1-4H3,(H,29,33)/b9-5-/t18-,19+,21-,22-,23+,28-/m1/s1. The summed E-state index contributed by atoms with van der Waals surface area (Å²) in [6.07, 6.45) is 8.81. The second-order valence-corrected chi connectivity index (χ2v) is 11.7. The highest BCUT2D eigenvalue weighted by atomic mass is 16.6. The summed E-state index contributed by atoms with van der Waals surface area (Å²) in [6.45, 7) is 8.39. The van der Waals surface area contributed by atoms with Crippen molar-refractivity contribution < 1.29 is 33.8 Å². The number of aliphatic hydroxyl groups excluding tert-OH is 1. The van der Waals surface area contributed by atoms with Gasteiger partial charge in [-0.05, 0) is 53.4 Å². The van der Waals surface area contributed by atoms with E-state index in [-0.39, 0.29) is 37.3 Å². The van der Waals surface area contributed by atoms with Crippen LogP contribution in [0, 0.1) is 11.8 Å². The molecule has 0 radical (unpaired) electrons. The number of ether oxygens (including phenoxy) is 2. The number of aliphatic hydroxyl groups is 1. The van der Waals surface area contributed by atoms with Crippen LogP contribution < -0.4 is 5.32 Å². The maximum Gasteiger partial charge on any atom is 0.313 e. The summed E-state index contributed by atoms with van der Waals surface area (Å²) in [5.41, 5.74) is -1.81. The van der Waals surface area contributed by atoms with Crippen molar-refractivity contribution in [3.63, 3.8) is 0 Å². The van der Waals surface area contributed by atoms with Crippen LogP contribution in [0.5, 0.6) is 0 Å². The lowest BCUT2D eigenvalue weighted by atomic mass is 9.74. The average Bonchev–Trinajstić information content (AvgIpc) is 3.48. The quantitative estimate of drug-likeness (QED) is 0.311. The molecule has 4 heterocycles. The third-order valence-corrected chi connectivity index (χ3v) is 7.91. The van der Waals surface area contributed by atoms with E-state index < -0.39 is 47.2 Å². The molecule has 1 spiro atoms. The van der Waals surface area contributed by atoms with Gasteiger partial charge in [-0.2, -0.15) is 0 Å². The smallest absolute Gasteiger partial charge is 0.313 e. The predicted molar refractivity (Wildman–Crippen MR) is 139 cm³/mol. The van der Waals surface area contributed by atoms with Gasteiger partial charge in [0.2, 0.25) is 17.7 Å². The van der Waals surface area contributed by atoms with E-state index in [1.54, 1.807) is 28.9 Å². The van der Waals surface area contributed by atoms with Crippen LogP contribution >= 0.6 is 0 Å². The zero-order valence-electron chi connectivity index (χ0n) is 22.9. The molecule has 2 saturated heterocycles. The number of allylic oxidation sites excluding steroid dienone is 1. The summed E-state index contributed by atoms with van der Waals surface area (Å²) in [7, 11) is 0. The molecular formula is C28H41N3O7. The minimum Gasteiger partial charge on any atom is -0.460 e. The third-order valence-electron chi connectivity index (χ3n) is 7.91. The molecule has 6 atom stereocenters. The van der Waals surface area contributed by atoms with Crippen LogP contribution in [-0.4, -0.2) is 94.2 Å². The SMILES string of the molecule is C[C@@H]1CNC(=O)CC/C=C\CN(C(C)(C)C)C(=O)[C@@H]2N(CCCCCO)C(=O)[C@H]3[C@H](C(=O)O1)[C@@H]1C=C[C@]23O1. The number of hydrogen-bond donors (Lipinski definition) is 2. The number of unbranched alkanes of at least 4 members (excludes halogenated alkanes) is 2. The molecule has 2 fully saturated rings. The van der Waals surface area contributed by atoms with E-state index in [0.29, 0.717) is 38.8 Å². The number of cyclic esters (lactones) is 1. The third kappa shape index (κ3) is 5.25. The van der Waals surface area contributed by atoms with Crippen molar-refractivity contribution in [2.24, 2.45) is 11.8 Å². The van der Waals surface area contributed by atoms with Crippen LogP contribution in [0.4, 0.5) is 0 Å². The van der Waals surface area contributed by atoms with Crippen LogP contribution in [0.2, 0.25) is 0 Å². The monoisotopic (exact) mass is 531 g/mol. The van der Waals surface area contributed by atoms with Crippen LogP contribution in [-0.2, 0) is 28.7 Å². The zero-order valence-corrected chi connectivity index (χ0v) is 22.9. The number of hydrogen-bond acceptors (Lipinski definition) is 7. The zero-order chi connectivity index (χ0) is 27.7. The number of rotatable bonds is 5. The lowest BCUT2D eigenvalue weighted by Gasteiger charge is -2.41. The summed E-state index contributed by atoms with van der Waals surface area (Å²) < 4.78 is 12.1. The number of carbonyl (C=O) groups is 4. The topological polar surface area (TPSA) is 125 Å². The summed E-state index contributed by atoms with van der Waals surface area (Å²) in [6, 6.07) is -0.919. The fourth-order valence-corrected chi connectivity index (χ4v) is 6.05. The van der Waals surface area contributed by atoms with E-state index in [2.05, 4.69) is 5.32 Å². The number of nitrogens with zero attached hydrogens (tertiary/aromatic N) is 2. The Hall–Kier alpha value is -2.72. The highest BCUT2D eigenvalue weighted by Gasteiger charge is 2.73. The minimum absolute atomic E-state index is 0.0626. The van der Waals surface area contributed by atoms with Crippen molar-refractivity contribution in [1.29, 1.82) is 0 Å². The normalized spacial score (nSPS) is 34.9. The molecule has 0 aromatic carbocycles. The summed E-state index contributed by atoms with van der Waals surface area (Å²) >= 11 is 0. The molecule has 4 aliphatic heterocycles. The van der Waals surface area contributed by atoms with Gasteiger partial charge in [-0.15, -0.1) is 0 Å². The molecule has 2 N–H and O–H groups in total. The van der Waals surface area contributed by atoms with Gasteiger partial charge in [0.05, 0.1) is 18.6 Å². The largest absolute Gasteiger partial charge is 0.460 e. The first-order valence-corrected chi connectivity index (χ1v) is 13.7. The number of amides is 3. The van der Waals surface area contributed by atoms with Crippen molar-refractivity contribution >= 4 is 23.7 Å². The van der Waals surface area contributed by atoms with Crippen molar-refractivity contribution in [3.05, 3.63) is 24.3 Å². The van der Waals surface area contributed by atoms with Gasteiger partial charge >= 0.3 is 5.97 Å². The molecule has 0 aromatic rings. The van der Waals surface area contributed by atoms with Gasteiger partial charge in [-0.1, -0.05) is 24.3 Å². The summed E-state index contributed by atoms with van der Waals surface area (Å²) in [5.74, 6) is -2.98. The first-order chi connectivity index (χ1) is 18.0. The van der Waals surface area contributed by atoms with Gasteiger partial charge in [0.25, 0.3) is 0 Å². The Morgan fingerprint density at radius 3 is 2.58 bits per heavy atom. The Bertz CT molecular complexity index is 1000. The number of fused-ring (bicyclic) bond motifs is 2. The average molecular weight is 532 g/mol. The highest BCUT2D eigenvalue weighted by Crippen LogP contribution is 2.55. The second kappa shape index (κ2) is 11.2. The van der Waals surface area contributed by atoms with Crippen molar-refractivity contribution in [1.82, 2.24) is 15.1 Å². The summed E-state index contributed by atoms with van der Waals surface area (Å²) in [5, 5.41) is 12.0. The van der Waals surface area contributed by atoms with Crippen molar-refractivity contribution in [2.45, 2.75) is 89.2 Å². The fraction of sp³-hybridized carbons (Fsp3) is 0.714. The Morgan fingerprint density at radius 2 is 1.87 bits per heavy atom. The lowest BCUT2D eigenvalue weighted by molar-refractivity contribution is -0.158. The lowest BCUT2D eigenvalue weighted by Crippen LogP contribution is -2.59. The number of nitrogens with one attached hydrogen (secondary N) is 1. The molecule has 5 bridgehead atoms. The molecular weight excluding hydrogens is 490 g/mol. The van der Waals surface area contributed by atoms with Gasteiger partial charge in [0.15, 0.2) is 0 Å². The molecule has 0 unspecified atom stereocenters. The van der Waals surface area contributed by atoms with Crippen molar-refractivity contribution in [3.8, 4) is 0 Å². The fourth-order valence-electron chi connectivity index (χ4n) is 6.05. The maximum absolute atomic E-state index is 14.4. The van der Waals surface area contributed by atoms with E-state index in [9.17, 15) is 24.3 Å². The highest BCUT2D eigenvalue weighted by molar-refractivity contribution is 5.99. The second-order valence-electron chi connectivity index (χ2n) is 11.7. The maximum atomic E-state index is 14.4. The molecule has 3 amide bonds. The first-order valence-electron chi connectivity index (χ1n) is 13.7. The van der Waals surface area contributed by atoms with Gasteiger partial charge in [-0.25, -0.2) is 0 Å². The summed E-state index contributed by atoms with van der Waals surface area (Å²) in [4.78, 5) is 57.3. The molecule has 10 heteroatoms. The Balaban J connectivity index is 1.74. The minimum atomic E-state index is -1.25. The molecule has 0 saturated carbocycles. The van der Waals surface area contributed by atoms with Gasteiger partial charge in [-0.3, -0.25) is 19.2 Å². The van der Waals surface area contributed by atoms with E-state index in [4.69, 9.17) is 9.47 Å². The van der Waals surface area contributed by atoms with E-state index in [1.807, 2.05) is 32.9 Å². The van der Waals surface area contributed by atoms with Crippen LogP contribution in [0.3, 0.4) is 0 Å². The van der Waals surface area contributed by atoms with E-state index in [0.717, 1.165) is 0 Å². The Morgan fingerprint density at radius 1 is 1.11 bits per heavy atom. The molecule has 4 rings (SSSR count). The molecule has 0 aromatic heterocycles. The molecule has 4 aliphatic rings. The first kappa shape index (κ1) is 28.3. The number of carbonyl (C=O) groups excluding carboxylic acids is 4. The predicted octanol–water partition coefficient (Wildman–Crippen LogP) is 1.32. The molecule has 10 nitrogen and oxygen atoms in total. The number of likely N-dealkylation sites (tertiary alicyclic amines) is 1. The van der Waals surface area contributed by atoms with Crippen LogP contribution in [0.15, 0.2) is 24.3 Å². The molecule has 38 heavy (non-hydrogen) atoms. The van der Waals surface area contributed by atoms with Crippen LogP contribution in [0.1, 0.15) is 59.8 Å². The van der Waals surface area contributed by atoms with Gasteiger partial charge < -0.3 is 29.7 Å².